The van der Waals surface area contributed by atoms with E-state index in [0.717, 1.165) is 25.3 Å². The number of likely N-dealkylation sites (N-methyl/N-ethyl adjacent to an activating group) is 1. The lowest BCUT2D eigenvalue weighted by molar-refractivity contribution is -0.120. The molecule has 1 aliphatic rings. The maximum absolute atomic E-state index is 11.3. The minimum Gasteiger partial charge on any atom is -0.299 e. The molecule has 2 heteroatoms. The molecule has 0 saturated heterocycles. The number of carbonyl (C=O) groups excluding carboxylic acids is 1. The van der Waals surface area contributed by atoms with Crippen molar-refractivity contribution in [3.8, 4) is 0 Å². The molecule has 0 aromatic heterocycles. The Kier molecular flexibility index (Phi) is 4.43. The highest BCUT2D eigenvalue weighted by Gasteiger charge is 2.19. The highest BCUT2D eigenvalue weighted by atomic mass is 16.1. The molecule has 1 aliphatic carbocycles. The Bertz CT molecular complexity index is 163. The fourth-order valence-electron chi connectivity index (χ4n) is 1.84. The van der Waals surface area contributed by atoms with Crippen LogP contribution in [-0.4, -0.2) is 30.8 Å². The lowest BCUT2D eigenvalue weighted by Gasteiger charge is -2.29. The van der Waals surface area contributed by atoms with Gasteiger partial charge in [-0.25, -0.2) is 0 Å². The van der Waals surface area contributed by atoms with Crippen molar-refractivity contribution < 1.29 is 4.79 Å². The molecule has 0 aromatic rings. The molecule has 1 fully saturated rings. The Hall–Kier alpha value is -0.370. The van der Waals surface area contributed by atoms with E-state index in [-0.39, 0.29) is 0 Å². The highest BCUT2D eigenvalue weighted by Crippen LogP contribution is 2.26. The number of Topliss-reactive ketones (excluding diaryl/α,β-unsaturated/α-hetero) is 1. The predicted molar refractivity (Wildman–Crippen MR) is 54.8 cm³/mol. The Morgan fingerprint density at radius 2 is 2.15 bits per heavy atom. The zero-order valence-electron chi connectivity index (χ0n) is 8.88. The van der Waals surface area contributed by atoms with Crippen LogP contribution in [0.2, 0.25) is 0 Å². The summed E-state index contributed by atoms with van der Waals surface area (Å²) >= 11 is 0. The molecule has 0 bridgehead atoms. The van der Waals surface area contributed by atoms with E-state index in [1.165, 1.54) is 19.3 Å². The van der Waals surface area contributed by atoms with Gasteiger partial charge in [0.2, 0.25) is 0 Å². The summed E-state index contributed by atoms with van der Waals surface area (Å²) in [5, 5.41) is 0. The second-order valence-electron chi connectivity index (χ2n) is 4.28. The number of nitrogens with zero attached hydrogens (tertiary/aromatic N) is 1. The van der Waals surface area contributed by atoms with Crippen molar-refractivity contribution in [2.45, 2.75) is 39.0 Å². The Morgan fingerprint density at radius 1 is 1.46 bits per heavy atom. The molecule has 0 N–H and O–H groups in total. The number of hydrogen-bond donors (Lipinski definition) is 0. The normalized spacial score (nSPS) is 17.5. The van der Waals surface area contributed by atoms with Gasteiger partial charge in [-0.2, -0.15) is 0 Å². The van der Waals surface area contributed by atoms with E-state index in [1.54, 1.807) is 0 Å². The average molecular weight is 183 g/mol. The number of rotatable bonds is 6. The molecule has 0 atom stereocenters. The summed E-state index contributed by atoms with van der Waals surface area (Å²) in [4.78, 5) is 13.5. The first-order chi connectivity index (χ1) is 6.22. The summed E-state index contributed by atoms with van der Waals surface area (Å²) in [6.45, 7) is 3.84. The number of ketones is 1. The third kappa shape index (κ3) is 3.90. The van der Waals surface area contributed by atoms with Crippen molar-refractivity contribution in [2.75, 3.05) is 20.1 Å². The van der Waals surface area contributed by atoms with E-state index in [1.807, 2.05) is 0 Å². The SMILES string of the molecule is CCCC(=O)CN(C)CC1CCC1. The monoisotopic (exact) mass is 183 g/mol. The number of hydrogen-bond acceptors (Lipinski definition) is 2. The van der Waals surface area contributed by atoms with Crippen LogP contribution < -0.4 is 0 Å². The Morgan fingerprint density at radius 3 is 2.62 bits per heavy atom. The summed E-state index contributed by atoms with van der Waals surface area (Å²) in [5.74, 6) is 1.27. The van der Waals surface area contributed by atoms with Crippen molar-refractivity contribution >= 4 is 5.78 Å². The van der Waals surface area contributed by atoms with Gasteiger partial charge in [0.05, 0.1) is 6.54 Å². The minimum atomic E-state index is 0.393. The van der Waals surface area contributed by atoms with E-state index in [0.29, 0.717) is 12.3 Å². The van der Waals surface area contributed by atoms with Crippen LogP contribution in [0.15, 0.2) is 0 Å². The molecular formula is C11H21NO. The van der Waals surface area contributed by atoms with Crippen molar-refractivity contribution in [2.24, 2.45) is 5.92 Å². The van der Waals surface area contributed by atoms with Crippen LogP contribution in [-0.2, 0) is 4.79 Å². The average Bonchev–Trinajstić information content (AvgIpc) is 1.97. The molecular weight excluding hydrogens is 162 g/mol. The lowest BCUT2D eigenvalue weighted by atomic mass is 9.85. The summed E-state index contributed by atoms with van der Waals surface area (Å²) in [6, 6.07) is 0. The molecule has 0 amide bonds. The molecule has 0 heterocycles. The topological polar surface area (TPSA) is 20.3 Å². The molecule has 0 unspecified atom stereocenters. The zero-order valence-corrected chi connectivity index (χ0v) is 8.88. The van der Waals surface area contributed by atoms with Gasteiger partial charge in [-0.3, -0.25) is 9.69 Å². The fourth-order valence-corrected chi connectivity index (χ4v) is 1.84. The van der Waals surface area contributed by atoms with Gasteiger partial charge in [0.1, 0.15) is 5.78 Å². The van der Waals surface area contributed by atoms with Crippen LogP contribution in [0.25, 0.3) is 0 Å². The van der Waals surface area contributed by atoms with E-state index in [4.69, 9.17) is 0 Å². The van der Waals surface area contributed by atoms with Gasteiger partial charge in [0.25, 0.3) is 0 Å². The van der Waals surface area contributed by atoms with Crippen molar-refractivity contribution in [3.63, 3.8) is 0 Å². The summed E-state index contributed by atoms with van der Waals surface area (Å²) in [5.41, 5.74) is 0. The summed E-state index contributed by atoms with van der Waals surface area (Å²) in [6.07, 6.45) is 5.85. The van der Waals surface area contributed by atoms with E-state index in [9.17, 15) is 4.79 Å². The Labute approximate surface area is 81.3 Å². The summed E-state index contributed by atoms with van der Waals surface area (Å²) in [7, 11) is 2.06. The molecule has 0 aliphatic heterocycles. The van der Waals surface area contributed by atoms with Crippen LogP contribution in [0.5, 0.6) is 0 Å². The highest BCUT2D eigenvalue weighted by molar-refractivity contribution is 5.80. The van der Waals surface area contributed by atoms with Crippen molar-refractivity contribution in [1.29, 1.82) is 0 Å². The maximum Gasteiger partial charge on any atom is 0.146 e. The second-order valence-corrected chi connectivity index (χ2v) is 4.28. The molecule has 0 spiro atoms. The largest absolute Gasteiger partial charge is 0.299 e. The van der Waals surface area contributed by atoms with Gasteiger partial charge in [-0.05, 0) is 32.2 Å². The maximum atomic E-state index is 11.3. The molecule has 13 heavy (non-hydrogen) atoms. The van der Waals surface area contributed by atoms with Crippen LogP contribution >= 0.6 is 0 Å². The number of carbonyl (C=O) groups is 1. The van der Waals surface area contributed by atoms with Crippen LogP contribution in [0.3, 0.4) is 0 Å². The van der Waals surface area contributed by atoms with Crippen LogP contribution in [0.4, 0.5) is 0 Å². The molecule has 2 nitrogen and oxygen atoms in total. The zero-order chi connectivity index (χ0) is 9.68. The van der Waals surface area contributed by atoms with Gasteiger partial charge < -0.3 is 0 Å². The van der Waals surface area contributed by atoms with Crippen LogP contribution in [0.1, 0.15) is 39.0 Å². The van der Waals surface area contributed by atoms with Gasteiger partial charge >= 0.3 is 0 Å². The molecule has 1 rings (SSSR count). The van der Waals surface area contributed by atoms with Gasteiger partial charge in [-0.15, -0.1) is 0 Å². The van der Waals surface area contributed by atoms with E-state index < -0.39 is 0 Å². The lowest BCUT2D eigenvalue weighted by Crippen LogP contribution is -2.33. The smallest absolute Gasteiger partial charge is 0.146 e. The first-order valence-electron chi connectivity index (χ1n) is 5.42. The summed E-state index contributed by atoms with van der Waals surface area (Å²) < 4.78 is 0. The third-order valence-electron chi connectivity index (χ3n) is 2.77. The second kappa shape index (κ2) is 5.38. The molecule has 76 valence electrons. The molecule has 0 aromatic carbocycles. The fraction of sp³-hybridized carbons (Fsp3) is 0.909. The van der Waals surface area contributed by atoms with E-state index in [2.05, 4.69) is 18.9 Å². The first kappa shape index (κ1) is 10.7. The minimum absolute atomic E-state index is 0.393. The van der Waals surface area contributed by atoms with Gasteiger partial charge in [0.15, 0.2) is 0 Å². The standard InChI is InChI=1S/C11H21NO/c1-3-5-11(13)9-12(2)8-10-6-4-7-10/h10H,3-9H2,1-2H3. The molecule has 0 radical (unpaired) electrons. The van der Waals surface area contributed by atoms with Crippen LogP contribution in [0, 0.1) is 5.92 Å². The quantitative estimate of drug-likeness (QED) is 0.628. The van der Waals surface area contributed by atoms with Crippen molar-refractivity contribution in [1.82, 2.24) is 4.90 Å². The first-order valence-corrected chi connectivity index (χ1v) is 5.42. The predicted octanol–water partition coefficient (Wildman–Crippen LogP) is 2.09. The van der Waals surface area contributed by atoms with Gasteiger partial charge in [-0.1, -0.05) is 13.3 Å². The molecule has 1 saturated carbocycles. The van der Waals surface area contributed by atoms with Gasteiger partial charge in [0, 0.05) is 13.0 Å². The van der Waals surface area contributed by atoms with Crippen molar-refractivity contribution in [3.05, 3.63) is 0 Å². The van der Waals surface area contributed by atoms with E-state index >= 15 is 0 Å². The Balaban J connectivity index is 2.08. The third-order valence-corrected chi connectivity index (χ3v) is 2.77.